The molecule has 0 saturated heterocycles. The van der Waals surface area contributed by atoms with E-state index in [0.29, 0.717) is 27.7 Å². The van der Waals surface area contributed by atoms with E-state index in [1.54, 1.807) is 30.3 Å². The molecular formula is C18H19Cl2N3. The summed E-state index contributed by atoms with van der Waals surface area (Å²) in [6.07, 6.45) is 0.907. The molecule has 0 aliphatic rings. The van der Waals surface area contributed by atoms with Crippen molar-refractivity contribution in [3.05, 3.63) is 68.7 Å². The molecule has 2 rings (SSSR count). The van der Waals surface area contributed by atoms with Crippen molar-refractivity contribution in [2.75, 3.05) is 0 Å². The van der Waals surface area contributed by atoms with Crippen molar-refractivity contribution in [3.63, 3.8) is 0 Å². The molecule has 0 fully saturated rings. The Morgan fingerprint density at radius 3 is 1.65 bits per heavy atom. The Hall–Kier alpha value is -2.04. The van der Waals surface area contributed by atoms with Crippen LogP contribution in [0, 0.1) is 22.7 Å². The Balaban J connectivity index is 0.000000403. The summed E-state index contributed by atoms with van der Waals surface area (Å²) >= 11 is 11.6. The topological polar surface area (TPSA) is 73.6 Å². The molecule has 0 radical (unpaired) electrons. The largest absolute Gasteiger partial charge is 0.326 e. The summed E-state index contributed by atoms with van der Waals surface area (Å²) in [6.45, 7) is 2.44. The van der Waals surface area contributed by atoms with Gasteiger partial charge >= 0.3 is 0 Å². The lowest BCUT2D eigenvalue weighted by atomic mass is 10.1. The van der Waals surface area contributed by atoms with Gasteiger partial charge in [-0.1, -0.05) is 49.7 Å². The first-order chi connectivity index (χ1) is 10.5. The lowest BCUT2D eigenvalue weighted by Gasteiger charge is -1.98. The van der Waals surface area contributed by atoms with E-state index < -0.39 is 0 Å². The standard InChI is InChI=1S/C9H8ClN.C8H7ClN2.CH4/c1-2-8-4-3-7(6-11)5-9(8)10;9-8-3-6(4-10)1-2-7(8)5-11;/h3-5H,2H2,1H3;1-3H,5,11H2;1H4. The van der Waals surface area contributed by atoms with Gasteiger partial charge in [-0.2, -0.15) is 10.5 Å². The zero-order valence-corrected chi connectivity index (χ0v) is 13.6. The molecule has 0 aliphatic carbocycles. The van der Waals surface area contributed by atoms with E-state index >= 15 is 0 Å². The number of nitrogens with zero attached hydrogens (tertiary/aromatic N) is 2. The van der Waals surface area contributed by atoms with Crippen molar-refractivity contribution in [1.82, 2.24) is 0 Å². The number of halogens is 2. The summed E-state index contributed by atoms with van der Waals surface area (Å²) in [5.41, 5.74) is 8.51. The van der Waals surface area contributed by atoms with Crippen LogP contribution in [0.4, 0.5) is 0 Å². The molecule has 0 heterocycles. The van der Waals surface area contributed by atoms with Crippen LogP contribution in [0.1, 0.15) is 36.6 Å². The summed E-state index contributed by atoms with van der Waals surface area (Å²) in [4.78, 5) is 0. The van der Waals surface area contributed by atoms with Gasteiger partial charge in [-0.25, -0.2) is 0 Å². The molecular weight excluding hydrogens is 329 g/mol. The van der Waals surface area contributed by atoms with Crippen LogP contribution in [-0.4, -0.2) is 0 Å². The predicted molar refractivity (Wildman–Crippen MR) is 96.3 cm³/mol. The molecule has 120 valence electrons. The molecule has 0 atom stereocenters. The first-order valence-corrected chi connectivity index (χ1v) is 7.38. The summed E-state index contributed by atoms with van der Waals surface area (Å²) < 4.78 is 0. The van der Waals surface area contributed by atoms with Gasteiger partial charge in [-0.3, -0.25) is 0 Å². The summed E-state index contributed by atoms with van der Waals surface area (Å²) in [7, 11) is 0. The molecule has 0 aromatic heterocycles. The van der Waals surface area contributed by atoms with Crippen molar-refractivity contribution in [1.29, 1.82) is 10.5 Å². The summed E-state index contributed by atoms with van der Waals surface area (Å²) in [5, 5.41) is 18.3. The molecule has 0 aliphatic heterocycles. The minimum Gasteiger partial charge on any atom is -0.326 e. The highest BCUT2D eigenvalue weighted by molar-refractivity contribution is 6.31. The van der Waals surface area contributed by atoms with Crippen LogP contribution >= 0.6 is 23.2 Å². The van der Waals surface area contributed by atoms with Crippen molar-refractivity contribution in [3.8, 4) is 12.1 Å². The zero-order valence-electron chi connectivity index (χ0n) is 12.1. The highest BCUT2D eigenvalue weighted by Crippen LogP contribution is 2.17. The molecule has 5 heteroatoms. The van der Waals surface area contributed by atoms with Crippen molar-refractivity contribution >= 4 is 23.2 Å². The maximum absolute atomic E-state index is 8.52. The van der Waals surface area contributed by atoms with Gasteiger partial charge in [-0.15, -0.1) is 0 Å². The number of rotatable bonds is 2. The van der Waals surface area contributed by atoms with Crippen molar-refractivity contribution in [2.24, 2.45) is 5.73 Å². The van der Waals surface area contributed by atoms with Gasteiger partial charge in [0.15, 0.2) is 0 Å². The average molecular weight is 348 g/mol. The van der Waals surface area contributed by atoms with Gasteiger partial charge in [0.05, 0.1) is 23.3 Å². The smallest absolute Gasteiger partial charge is 0.0992 e. The lowest BCUT2D eigenvalue weighted by molar-refractivity contribution is 1.07. The molecule has 0 saturated carbocycles. The monoisotopic (exact) mass is 347 g/mol. The number of hydrogen-bond acceptors (Lipinski definition) is 3. The number of nitrogens with two attached hydrogens (primary N) is 1. The van der Waals surface area contributed by atoms with E-state index in [-0.39, 0.29) is 7.43 Å². The second-order valence-corrected chi connectivity index (χ2v) is 5.21. The first kappa shape index (κ1) is 21.0. The second-order valence-electron chi connectivity index (χ2n) is 4.39. The average Bonchev–Trinajstić information content (AvgIpc) is 2.55. The minimum atomic E-state index is 0. The van der Waals surface area contributed by atoms with Gasteiger partial charge in [0.2, 0.25) is 0 Å². The summed E-state index contributed by atoms with van der Waals surface area (Å²) in [5.74, 6) is 0. The molecule has 2 aromatic rings. The van der Waals surface area contributed by atoms with Crippen molar-refractivity contribution < 1.29 is 0 Å². The third-order valence-electron chi connectivity index (χ3n) is 2.97. The maximum Gasteiger partial charge on any atom is 0.0992 e. The third-order valence-corrected chi connectivity index (χ3v) is 3.67. The highest BCUT2D eigenvalue weighted by atomic mass is 35.5. The molecule has 23 heavy (non-hydrogen) atoms. The lowest BCUT2D eigenvalue weighted by Crippen LogP contribution is -1.96. The second kappa shape index (κ2) is 10.6. The fourth-order valence-corrected chi connectivity index (χ4v) is 2.26. The molecule has 2 aromatic carbocycles. The van der Waals surface area contributed by atoms with Crippen LogP contribution in [-0.2, 0) is 13.0 Å². The zero-order chi connectivity index (χ0) is 16.5. The molecule has 2 N–H and O–H groups in total. The molecule has 0 bridgehead atoms. The number of aryl methyl sites for hydroxylation is 1. The van der Waals surface area contributed by atoms with Gasteiger partial charge < -0.3 is 5.73 Å². The van der Waals surface area contributed by atoms with Gasteiger partial charge in [0, 0.05) is 16.6 Å². The predicted octanol–water partition coefficient (Wildman–Crippen LogP) is 5.08. The Morgan fingerprint density at radius 2 is 1.35 bits per heavy atom. The SMILES string of the molecule is C.CCc1ccc(C#N)cc1Cl.N#Cc1ccc(CN)c(Cl)c1. The van der Waals surface area contributed by atoms with Crippen LogP contribution in [0.25, 0.3) is 0 Å². The number of hydrogen-bond donors (Lipinski definition) is 1. The molecule has 0 amide bonds. The third kappa shape index (κ3) is 6.30. The van der Waals surface area contributed by atoms with Crippen LogP contribution in [0.15, 0.2) is 36.4 Å². The minimum absolute atomic E-state index is 0. The van der Waals surface area contributed by atoms with E-state index in [1.807, 2.05) is 25.1 Å². The van der Waals surface area contributed by atoms with Crippen LogP contribution < -0.4 is 5.73 Å². The summed E-state index contributed by atoms with van der Waals surface area (Å²) in [6, 6.07) is 14.5. The maximum atomic E-state index is 8.52. The van der Waals surface area contributed by atoms with Crippen molar-refractivity contribution in [2.45, 2.75) is 27.3 Å². The molecule has 3 nitrogen and oxygen atoms in total. The van der Waals surface area contributed by atoms with Gasteiger partial charge in [-0.05, 0) is 41.8 Å². The molecule has 0 spiro atoms. The fraction of sp³-hybridized carbons (Fsp3) is 0.222. The molecule has 0 unspecified atom stereocenters. The van der Waals surface area contributed by atoms with E-state index in [2.05, 4.69) is 0 Å². The van der Waals surface area contributed by atoms with E-state index in [9.17, 15) is 0 Å². The van der Waals surface area contributed by atoms with Crippen LogP contribution in [0.2, 0.25) is 10.0 Å². The van der Waals surface area contributed by atoms with Crippen LogP contribution in [0.5, 0.6) is 0 Å². The normalized spacial score (nSPS) is 8.78. The fourth-order valence-electron chi connectivity index (χ4n) is 1.69. The van der Waals surface area contributed by atoms with E-state index in [0.717, 1.165) is 17.5 Å². The van der Waals surface area contributed by atoms with Gasteiger partial charge in [0.1, 0.15) is 0 Å². The highest BCUT2D eigenvalue weighted by Gasteiger charge is 1.98. The first-order valence-electron chi connectivity index (χ1n) is 6.62. The van der Waals surface area contributed by atoms with Crippen LogP contribution in [0.3, 0.4) is 0 Å². The number of nitriles is 2. The van der Waals surface area contributed by atoms with Gasteiger partial charge in [0.25, 0.3) is 0 Å². The Kier molecular flexibility index (Phi) is 9.70. The Morgan fingerprint density at radius 1 is 0.913 bits per heavy atom. The Bertz CT molecular complexity index is 665. The number of benzene rings is 2. The quantitative estimate of drug-likeness (QED) is 0.822. The Labute approximate surface area is 147 Å². The van der Waals surface area contributed by atoms with E-state index in [4.69, 9.17) is 39.5 Å². The van der Waals surface area contributed by atoms with E-state index in [1.165, 1.54) is 0 Å².